The van der Waals surface area contributed by atoms with Crippen LogP contribution in [0.2, 0.25) is 0 Å². The van der Waals surface area contributed by atoms with Gasteiger partial charge in [0.1, 0.15) is 6.23 Å². The molecule has 0 aliphatic carbocycles. The highest BCUT2D eigenvalue weighted by Crippen LogP contribution is 2.38. The van der Waals surface area contributed by atoms with Crippen molar-refractivity contribution in [3.05, 3.63) is 35.9 Å². The summed E-state index contributed by atoms with van der Waals surface area (Å²) >= 11 is 0. The van der Waals surface area contributed by atoms with E-state index in [-0.39, 0.29) is 17.7 Å². The molecule has 2 saturated heterocycles. The summed E-state index contributed by atoms with van der Waals surface area (Å²) in [5.41, 5.74) is 1.34. The number of hydrogen-bond acceptors (Lipinski definition) is 4. The molecule has 2 aliphatic heterocycles. The van der Waals surface area contributed by atoms with E-state index in [9.17, 15) is 0 Å². The molecule has 1 aromatic carbocycles. The molecule has 0 saturated carbocycles. The summed E-state index contributed by atoms with van der Waals surface area (Å²) < 4.78 is 12.3. The Bertz CT molecular complexity index is 499. The average molecular weight is 318 g/mol. The van der Waals surface area contributed by atoms with Gasteiger partial charge in [-0.1, -0.05) is 44.2 Å². The lowest BCUT2D eigenvalue weighted by molar-refractivity contribution is -0.166. The second kappa shape index (κ2) is 6.89. The van der Waals surface area contributed by atoms with Crippen molar-refractivity contribution in [1.29, 1.82) is 0 Å². The average Bonchev–Trinajstić information content (AvgIpc) is 2.64. The van der Waals surface area contributed by atoms with Crippen molar-refractivity contribution < 1.29 is 9.47 Å². The molecule has 0 aromatic heterocycles. The third-order valence-electron chi connectivity index (χ3n) is 5.24. The molecule has 3 atom stereocenters. The third-order valence-corrected chi connectivity index (χ3v) is 5.24. The van der Waals surface area contributed by atoms with Gasteiger partial charge in [-0.25, -0.2) is 0 Å². The largest absolute Gasteiger partial charge is 0.379 e. The number of morpholine rings is 1. The molecule has 0 radical (unpaired) electrons. The smallest absolute Gasteiger partial charge is 0.118 e. The summed E-state index contributed by atoms with van der Waals surface area (Å²) in [5.74, 6) is 0. The van der Waals surface area contributed by atoms with E-state index in [0.717, 1.165) is 32.8 Å². The summed E-state index contributed by atoms with van der Waals surface area (Å²) in [4.78, 5) is 4.91. The Morgan fingerprint density at radius 1 is 1.09 bits per heavy atom. The fraction of sp³-hybridized carbons (Fsp3) is 0.684. The molecular weight excluding hydrogens is 288 g/mol. The van der Waals surface area contributed by atoms with Crippen LogP contribution in [0, 0.1) is 5.41 Å². The minimum absolute atomic E-state index is 0.0733. The number of hydrogen-bond donors (Lipinski definition) is 0. The Balaban J connectivity index is 1.90. The molecule has 2 fully saturated rings. The first kappa shape index (κ1) is 16.9. The quantitative estimate of drug-likeness (QED) is 0.837. The van der Waals surface area contributed by atoms with E-state index in [1.54, 1.807) is 0 Å². The Kier molecular flexibility index (Phi) is 5.07. The molecule has 2 heterocycles. The van der Waals surface area contributed by atoms with Crippen LogP contribution in [0.5, 0.6) is 0 Å². The zero-order chi connectivity index (χ0) is 16.4. The highest BCUT2D eigenvalue weighted by Gasteiger charge is 2.43. The summed E-state index contributed by atoms with van der Waals surface area (Å²) in [6, 6.07) is 11.0. The lowest BCUT2D eigenvalue weighted by Crippen LogP contribution is -2.53. The van der Waals surface area contributed by atoms with Gasteiger partial charge in [0, 0.05) is 31.1 Å². The normalized spacial score (nSPS) is 33.3. The van der Waals surface area contributed by atoms with E-state index < -0.39 is 0 Å². The standard InChI is InChI=1S/C19H30N2O2/c1-15-17(16-8-6-5-7-9-16)23-18(19(2,3)14-20(15)4)21-10-12-22-13-11-21/h5-9,15,17-18H,10-14H2,1-4H3/t15-,17+,18+/m1/s1. The first-order valence-electron chi connectivity index (χ1n) is 8.71. The molecule has 128 valence electrons. The van der Waals surface area contributed by atoms with Gasteiger partial charge in [-0.05, 0) is 19.5 Å². The number of rotatable bonds is 2. The Labute approximate surface area is 140 Å². The van der Waals surface area contributed by atoms with Gasteiger partial charge in [-0.15, -0.1) is 0 Å². The maximum atomic E-state index is 6.76. The molecule has 0 bridgehead atoms. The lowest BCUT2D eigenvalue weighted by atomic mass is 9.89. The van der Waals surface area contributed by atoms with Crippen LogP contribution in [-0.2, 0) is 9.47 Å². The molecule has 4 nitrogen and oxygen atoms in total. The van der Waals surface area contributed by atoms with Crippen LogP contribution >= 0.6 is 0 Å². The molecule has 23 heavy (non-hydrogen) atoms. The topological polar surface area (TPSA) is 24.9 Å². The van der Waals surface area contributed by atoms with Gasteiger partial charge in [0.2, 0.25) is 0 Å². The SMILES string of the molecule is C[C@@H]1[C@@H](c2ccccc2)O[C@H](N2CCOCC2)C(C)(C)CN1C. The fourth-order valence-corrected chi connectivity index (χ4v) is 3.92. The predicted octanol–water partition coefficient (Wildman–Crippen LogP) is 2.76. The van der Waals surface area contributed by atoms with Crippen molar-refractivity contribution in [3.63, 3.8) is 0 Å². The first-order chi connectivity index (χ1) is 11.0. The van der Waals surface area contributed by atoms with Gasteiger partial charge in [0.05, 0.1) is 19.3 Å². The van der Waals surface area contributed by atoms with E-state index in [1.807, 2.05) is 0 Å². The number of benzene rings is 1. The van der Waals surface area contributed by atoms with Crippen LogP contribution in [0.1, 0.15) is 32.4 Å². The molecule has 0 unspecified atom stereocenters. The number of likely N-dealkylation sites (N-methyl/N-ethyl adjacent to an activating group) is 1. The number of nitrogens with zero attached hydrogens (tertiary/aromatic N) is 2. The van der Waals surface area contributed by atoms with Gasteiger partial charge in [0.25, 0.3) is 0 Å². The number of ether oxygens (including phenoxy) is 2. The highest BCUT2D eigenvalue weighted by molar-refractivity contribution is 5.19. The molecule has 4 heteroatoms. The third kappa shape index (κ3) is 3.61. The van der Waals surface area contributed by atoms with Gasteiger partial charge in [0.15, 0.2) is 0 Å². The maximum absolute atomic E-state index is 6.76. The molecule has 0 amide bonds. The summed E-state index contributed by atoms with van der Waals surface area (Å²) in [6.45, 7) is 11.5. The minimum Gasteiger partial charge on any atom is -0.379 e. The van der Waals surface area contributed by atoms with Crippen LogP contribution < -0.4 is 0 Å². The van der Waals surface area contributed by atoms with Crippen LogP contribution in [-0.4, -0.2) is 62.0 Å². The van der Waals surface area contributed by atoms with Crippen molar-refractivity contribution in [2.24, 2.45) is 5.41 Å². The Morgan fingerprint density at radius 3 is 2.39 bits per heavy atom. The Morgan fingerprint density at radius 2 is 1.74 bits per heavy atom. The van der Waals surface area contributed by atoms with Crippen LogP contribution in [0.25, 0.3) is 0 Å². The van der Waals surface area contributed by atoms with Crippen molar-refractivity contribution in [2.45, 2.75) is 39.1 Å². The maximum Gasteiger partial charge on any atom is 0.118 e. The van der Waals surface area contributed by atoms with E-state index in [4.69, 9.17) is 9.47 Å². The van der Waals surface area contributed by atoms with Gasteiger partial charge in [-0.2, -0.15) is 0 Å². The molecule has 2 aliphatic rings. The van der Waals surface area contributed by atoms with E-state index >= 15 is 0 Å². The minimum atomic E-state index is 0.0733. The predicted molar refractivity (Wildman–Crippen MR) is 92.3 cm³/mol. The first-order valence-corrected chi connectivity index (χ1v) is 8.71. The van der Waals surface area contributed by atoms with Crippen molar-refractivity contribution in [1.82, 2.24) is 9.80 Å². The summed E-state index contributed by atoms with van der Waals surface area (Å²) in [5, 5.41) is 0. The summed E-state index contributed by atoms with van der Waals surface area (Å²) in [7, 11) is 2.22. The zero-order valence-electron chi connectivity index (χ0n) is 14.9. The Hall–Kier alpha value is -0.940. The van der Waals surface area contributed by atoms with Crippen molar-refractivity contribution >= 4 is 0 Å². The monoisotopic (exact) mass is 318 g/mol. The second-order valence-corrected chi connectivity index (χ2v) is 7.61. The van der Waals surface area contributed by atoms with E-state index in [1.165, 1.54) is 5.56 Å². The second-order valence-electron chi connectivity index (χ2n) is 7.61. The fourth-order valence-electron chi connectivity index (χ4n) is 3.92. The van der Waals surface area contributed by atoms with Gasteiger partial charge < -0.3 is 14.4 Å². The summed E-state index contributed by atoms with van der Waals surface area (Å²) in [6.07, 6.45) is 0.208. The molecule has 1 aromatic rings. The molecule has 3 rings (SSSR count). The van der Waals surface area contributed by atoms with Crippen LogP contribution in [0.3, 0.4) is 0 Å². The zero-order valence-corrected chi connectivity index (χ0v) is 14.9. The van der Waals surface area contributed by atoms with Crippen molar-refractivity contribution in [2.75, 3.05) is 39.9 Å². The van der Waals surface area contributed by atoms with E-state index in [0.29, 0.717) is 6.04 Å². The van der Waals surface area contributed by atoms with Crippen LogP contribution in [0.15, 0.2) is 30.3 Å². The van der Waals surface area contributed by atoms with Crippen molar-refractivity contribution in [3.8, 4) is 0 Å². The van der Waals surface area contributed by atoms with Gasteiger partial charge in [-0.3, -0.25) is 4.90 Å². The molecule has 0 N–H and O–H groups in total. The van der Waals surface area contributed by atoms with Crippen LogP contribution in [0.4, 0.5) is 0 Å². The van der Waals surface area contributed by atoms with Gasteiger partial charge >= 0.3 is 0 Å². The highest BCUT2D eigenvalue weighted by atomic mass is 16.5. The van der Waals surface area contributed by atoms with E-state index in [2.05, 4.69) is 68.0 Å². The molecule has 0 spiro atoms. The molecular formula is C19H30N2O2. The lowest BCUT2D eigenvalue weighted by Gasteiger charge is -2.43.